The second-order valence-electron chi connectivity index (χ2n) is 10.0. The van der Waals surface area contributed by atoms with Gasteiger partial charge >= 0.3 is 11.9 Å². The Labute approximate surface area is 235 Å². The van der Waals surface area contributed by atoms with Gasteiger partial charge in [-0.25, -0.2) is 4.79 Å². The normalized spacial score (nSPS) is 12.0. The van der Waals surface area contributed by atoms with Crippen molar-refractivity contribution in [1.82, 2.24) is 4.90 Å². The van der Waals surface area contributed by atoms with Crippen LogP contribution in [-0.2, 0) is 20.7 Å². The monoisotopic (exact) mass is 537 g/mol. The Hall–Kier alpha value is -3.12. The molecule has 0 aliphatic heterocycles. The molecule has 0 aliphatic rings. The van der Waals surface area contributed by atoms with Gasteiger partial charge < -0.3 is 19.1 Å². The Kier molecular flexibility index (Phi) is 15.7. The molecule has 0 aliphatic carbocycles. The highest BCUT2D eigenvalue weighted by molar-refractivity contribution is 5.89. The second kappa shape index (κ2) is 19.0. The van der Waals surface area contributed by atoms with Crippen molar-refractivity contribution in [2.45, 2.75) is 65.2 Å². The zero-order valence-corrected chi connectivity index (χ0v) is 24.3. The second-order valence-corrected chi connectivity index (χ2v) is 10.0. The molecular weight excluding hydrogens is 490 g/mol. The molecule has 0 radical (unpaired) electrons. The van der Waals surface area contributed by atoms with Gasteiger partial charge in [0.1, 0.15) is 5.75 Å². The molecule has 0 saturated carbocycles. The Balaban J connectivity index is 2.03. The number of para-hydroxylation sites is 1. The summed E-state index contributed by atoms with van der Waals surface area (Å²) in [6, 6.07) is 15.8. The van der Waals surface area contributed by atoms with Gasteiger partial charge in [-0.1, -0.05) is 48.9 Å². The SMILES string of the molecule is CCOC(=O)CCCCC(/C=C/c1ccccc1OCCCCCN(C)C)Cc1ccc(C(=O)OCC)cc1. The van der Waals surface area contributed by atoms with Gasteiger partial charge in [-0.15, -0.1) is 0 Å². The van der Waals surface area contributed by atoms with E-state index in [9.17, 15) is 9.59 Å². The van der Waals surface area contributed by atoms with Crippen LogP contribution >= 0.6 is 0 Å². The summed E-state index contributed by atoms with van der Waals surface area (Å²) in [7, 11) is 4.20. The molecule has 2 aromatic carbocycles. The molecule has 1 atom stereocenters. The predicted molar refractivity (Wildman–Crippen MR) is 158 cm³/mol. The summed E-state index contributed by atoms with van der Waals surface area (Å²) in [4.78, 5) is 26.0. The van der Waals surface area contributed by atoms with Gasteiger partial charge in [0.05, 0.1) is 25.4 Å². The first-order valence-corrected chi connectivity index (χ1v) is 14.4. The molecule has 6 heteroatoms. The van der Waals surface area contributed by atoms with Crippen molar-refractivity contribution in [3.63, 3.8) is 0 Å². The fourth-order valence-corrected chi connectivity index (χ4v) is 4.35. The third-order valence-corrected chi connectivity index (χ3v) is 6.45. The van der Waals surface area contributed by atoms with Crippen LogP contribution in [0.5, 0.6) is 5.75 Å². The molecule has 214 valence electrons. The van der Waals surface area contributed by atoms with Crippen molar-refractivity contribution in [3.8, 4) is 5.75 Å². The van der Waals surface area contributed by atoms with E-state index in [0.29, 0.717) is 31.8 Å². The van der Waals surface area contributed by atoms with Crippen molar-refractivity contribution < 1.29 is 23.8 Å². The molecular formula is C33H47NO5. The Morgan fingerprint density at radius 2 is 1.62 bits per heavy atom. The van der Waals surface area contributed by atoms with Gasteiger partial charge in [0.2, 0.25) is 0 Å². The minimum atomic E-state index is -0.297. The lowest BCUT2D eigenvalue weighted by Gasteiger charge is -2.15. The van der Waals surface area contributed by atoms with Gasteiger partial charge in [-0.2, -0.15) is 0 Å². The summed E-state index contributed by atoms with van der Waals surface area (Å²) < 4.78 is 16.3. The number of hydrogen-bond acceptors (Lipinski definition) is 6. The molecule has 2 rings (SSSR count). The van der Waals surface area contributed by atoms with Gasteiger partial charge in [0, 0.05) is 12.0 Å². The number of hydrogen-bond donors (Lipinski definition) is 0. The summed E-state index contributed by atoms with van der Waals surface area (Å²) in [6.07, 6.45) is 11.7. The van der Waals surface area contributed by atoms with E-state index in [1.54, 1.807) is 6.92 Å². The third kappa shape index (κ3) is 13.5. The van der Waals surface area contributed by atoms with E-state index in [2.05, 4.69) is 37.2 Å². The van der Waals surface area contributed by atoms with Crippen LogP contribution in [0, 0.1) is 5.92 Å². The number of unbranched alkanes of at least 4 members (excludes halogenated alkanes) is 3. The maximum Gasteiger partial charge on any atom is 0.338 e. The lowest BCUT2D eigenvalue weighted by molar-refractivity contribution is -0.143. The number of rotatable bonds is 19. The van der Waals surface area contributed by atoms with Gasteiger partial charge in [-0.3, -0.25) is 4.79 Å². The number of allylic oxidation sites excluding steroid dienone is 1. The molecule has 0 amide bonds. The standard InChI is InChI=1S/C33H47NO5/c1-5-37-32(35)17-11-8-14-27(26-28-19-22-30(23-20-28)33(36)38-6-2)18-21-29-15-9-10-16-31(29)39-25-13-7-12-24-34(3)4/h9-10,15-16,18-23,27H,5-8,11-14,17,24-26H2,1-4H3/b21-18+. The average molecular weight is 538 g/mol. The largest absolute Gasteiger partial charge is 0.493 e. The highest BCUT2D eigenvalue weighted by Crippen LogP contribution is 2.24. The summed E-state index contributed by atoms with van der Waals surface area (Å²) in [5, 5.41) is 0. The predicted octanol–water partition coefficient (Wildman–Crippen LogP) is 6.97. The average Bonchev–Trinajstić information content (AvgIpc) is 2.92. The number of benzene rings is 2. The summed E-state index contributed by atoms with van der Waals surface area (Å²) in [5.74, 6) is 0.752. The topological polar surface area (TPSA) is 65.1 Å². The lowest BCUT2D eigenvalue weighted by atomic mass is 9.92. The Bertz CT molecular complexity index is 999. The smallest absolute Gasteiger partial charge is 0.338 e. The number of nitrogens with zero attached hydrogens (tertiary/aromatic N) is 1. The Morgan fingerprint density at radius 1 is 0.872 bits per heavy atom. The molecule has 6 nitrogen and oxygen atoms in total. The van der Waals surface area contributed by atoms with E-state index in [1.807, 2.05) is 49.4 Å². The van der Waals surface area contributed by atoms with Crippen LogP contribution in [0.2, 0.25) is 0 Å². The molecule has 0 N–H and O–H groups in total. The zero-order chi connectivity index (χ0) is 28.3. The minimum Gasteiger partial charge on any atom is -0.493 e. The molecule has 0 aromatic heterocycles. The van der Waals surface area contributed by atoms with Crippen molar-refractivity contribution in [2.24, 2.45) is 5.92 Å². The molecule has 1 unspecified atom stereocenters. The van der Waals surface area contributed by atoms with Crippen molar-refractivity contribution in [2.75, 3.05) is 40.5 Å². The number of esters is 2. The third-order valence-electron chi connectivity index (χ3n) is 6.45. The first-order valence-electron chi connectivity index (χ1n) is 14.4. The van der Waals surface area contributed by atoms with E-state index in [0.717, 1.165) is 61.9 Å². The fourth-order valence-electron chi connectivity index (χ4n) is 4.35. The number of carbonyl (C=O) groups excluding carboxylic acids is 2. The van der Waals surface area contributed by atoms with Gasteiger partial charge in [-0.05, 0) is 103 Å². The molecule has 0 fully saturated rings. The van der Waals surface area contributed by atoms with E-state index in [4.69, 9.17) is 14.2 Å². The lowest BCUT2D eigenvalue weighted by Crippen LogP contribution is -2.13. The van der Waals surface area contributed by atoms with E-state index in [-0.39, 0.29) is 17.9 Å². The Morgan fingerprint density at radius 3 is 2.33 bits per heavy atom. The van der Waals surface area contributed by atoms with Crippen LogP contribution in [0.3, 0.4) is 0 Å². The summed E-state index contributed by atoms with van der Waals surface area (Å²) >= 11 is 0. The molecule has 2 aromatic rings. The first-order chi connectivity index (χ1) is 18.9. The molecule has 39 heavy (non-hydrogen) atoms. The van der Waals surface area contributed by atoms with Crippen LogP contribution in [0.4, 0.5) is 0 Å². The van der Waals surface area contributed by atoms with E-state index < -0.39 is 0 Å². The molecule has 0 bridgehead atoms. The van der Waals surface area contributed by atoms with Crippen LogP contribution in [-0.4, -0.2) is 57.3 Å². The summed E-state index contributed by atoms with van der Waals surface area (Å²) in [5.41, 5.74) is 2.79. The molecule has 0 spiro atoms. The fraction of sp³-hybridized carbons (Fsp3) is 0.515. The maximum atomic E-state index is 12.0. The van der Waals surface area contributed by atoms with Crippen molar-refractivity contribution in [1.29, 1.82) is 0 Å². The van der Waals surface area contributed by atoms with Gasteiger partial charge in [0.25, 0.3) is 0 Å². The number of ether oxygens (including phenoxy) is 3. The molecule has 0 saturated heterocycles. The van der Waals surface area contributed by atoms with E-state index >= 15 is 0 Å². The molecule has 0 heterocycles. The summed E-state index contributed by atoms with van der Waals surface area (Å²) in [6.45, 7) is 6.23. The van der Waals surface area contributed by atoms with Crippen LogP contribution in [0.25, 0.3) is 6.08 Å². The maximum absolute atomic E-state index is 12.0. The quantitative estimate of drug-likeness (QED) is 0.142. The minimum absolute atomic E-state index is 0.132. The van der Waals surface area contributed by atoms with Crippen LogP contribution in [0.1, 0.15) is 80.3 Å². The van der Waals surface area contributed by atoms with Crippen molar-refractivity contribution >= 4 is 18.0 Å². The van der Waals surface area contributed by atoms with Gasteiger partial charge in [0.15, 0.2) is 0 Å². The highest BCUT2D eigenvalue weighted by Gasteiger charge is 2.11. The van der Waals surface area contributed by atoms with Crippen LogP contribution < -0.4 is 4.74 Å². The zero-order valence-electron chi connectivity index (χ0n) is 24.3. The number of carbonyl (C=O) groups is 2. The van der Waals surface area contributed by atoms with E-state index in [1.165, 1.54) is 6.42 Å². The first kappa shape index (κ1) is 32.1. The highest BCUT2D eigenvalue weighted by atomic mass is 16.5. The van der Waals surface area contributed by atoms with Crippen molar-refractivity contribution in [3.05, 3.63) is 71.3 Å². The van der Waals surface area contributed by atoms with Crippen LogP contribution in [0.15, 0.2) is 54.6 Å².